The zero-order valence-electron chi connectivity index (χ0n) is 22.2. The van der Waals surface area contributed by atoms with Gasteiger partial charge in [0, 0.05) is 37.3 Å². The molecule has 0 aliphatic rings. The third kappa shape index (κ3) is 4.60. The van der Waals surface area contributed by atoms with Crippen molar-refractivity contribution in [3.05, 3.63) is 112 Å². The number of fused-ring (bicyclic) bond motifs is 2. The van der Waals surface area contributed by atoms with E-state index in [2.05, 4.69) is 37.3 Å². The molecule has 4 aromatic heterocycles. The molecule has 2 aromatic carbocycles. The number of carbonyl (C=O) groups excluding carboxylic acids is 1. The molecule has 0 aliphatic heterocycles. The van der Waals surface area contributed by atoms with Crippen LogP contribution in [0, 0.1) is 23.5 Å². The maximum absolute atomic E-state index is 14.4. The minimum atomic E-state index is -1.16. The van der Waals surface area contributed by atoms with Crippen molar-refractivity contribution in [2.24, 2.45) is 7.05 Å². The van der Waals surface area contributed by atoms with Crippen molar-refractivity contribution in [3.63, 3.8) is 0 Å². The highest BCUT2D eigenvalue weighted by atomic mass is 19.2. The molecule has 1 atom stereocenters. The van der Waals surface area contributed by atoms with Crippen molar-refractivity contribution in [2.45, 2.75) is 13.0 Å². The first-order valence-corrected chi connectivity index (χ1v) is 12.6. The zero-order valence-corrected chi connectivity index (χ0v) is 22.2. The van der Waals surface area contributed by atoms with Crippen LogP contribution in [-0.4, -0.2) is 39.8 Å². The van der Waals surface area contributed by atoms with E-state index >= 15 is 0 Å². The number of rotatable bonds is 4. The molecule has 208 valence electrons. The van der Waals surface area contributed by atoms with Crippen molar-refractivity contribution in [2.75, 3.05) is 5.73 Å². The summed E-state index contributed by atoms with van der Waals surface area (Å²) < 4.78 is 32.3. The van der Waals surface area contributed by atoms with Crippen LogP contribution in [0.2, 0.25) is 0 Å². The van der Waals surface area contributed by atoms with Crippen molar-refractivity contribution in [1.82, 2.24) is 39.2 Å². The Hall–Kier alpha value is -5.90. The van der Waals surface area contributed by atoms with Gasteiger partial charge in [-0.3, -0.25) is 18.8 Å². The summed E-state index contributed by atoms with van der Waals surface area (Å²) >= 11 is 0. The van der Waals surface area contributed by atoms with Gasteiger partial charge in [0.15, 0.2) is 23.1 Å². The monoisotopic (exact) mass is 565 g/mol. The van der Waals surface area contributed by atoms with E-state index in [-0.39, 0.29) is 33.9 Å². The second kappa shape index (κ2) is 10.3. The normalized spacial score (nSPS) is 11.8. The first-order chi connectivity index (χ1) is 20.2. The Morgan fingerprint density at radius 3 is 2.71 bits per heavy atom. The minimum Gasteiger partial charge on any atom is -0.381 e. The Balaban J connectivity index is 1.50. The van der Waals surface area contributed by atoms with Crippen LogP contribution in [0.25, 0.3) is 22.2 Å². The zero-order chi connectivity index (χ0) is 29.5. The molecule has 0 fully saturated rings. The van der Waals surface area contributed by atoms with E-state index in [4.69, 9.17) is 5.73 Å². The Labute approximate surface area is 236 Å². The molecule has 6 aromatic rings. The van der Waals surface area contributed by atoms with E-state index in [0.717, 1.165) is 16.7 Å². The molecule has 0 saturated carbocycles. The van der Waals surface area contributed by atoms with Gasteiger partial charge in [-0.05, 0) is 37.3 Å². The summed E-state index contributed by atoms with van der Waals surface area (Å²) in [6.45, 7) is 1.60. The number of nitrogen functional groups attached to an aromatic ring is 1. The smallest absolute Gasteiger partial charge is 0.267 e. The lowest BCUT2D eigenvalue weighted by Crippen LogP contribution is -2.33. The molecule has 1 amide bonds. The quantitative estimate of drug-likeness (QED) is 0.314. The van der Waals surface area contributed by atoms with Gasteiger partial charge in [-0.25, -0.2) is 23.3 Å². The van der Waals surface area contributed by atoms with E-state index in [1.165, 1.54) is 16.8 Å². The highest BCUT2D eigenvalue weighted by Gasteiger charge is 2.25. The molecule has 0 bridgehead atoms. The van der Waals surface area contributed by atoms with E-state index < -0.39 is 29.1 Å². The van der Waals surface area contributed by atoms with Gasteiger partial charge in [0.1, 0.15) is 11.4 Å². The van der Waals surface area contributed by atoms with Gasteiger partial charge >= 0.3 is 0 Å². The number of anilines is 1. The number of nitrogens with two attached hydrogens (primary N) is 1. The van der Waals surface area contributed by atoms with Crippen LogP contribution in [0.1, 0.15) is 40.3 Å². The number of hydrogen-bond acceptors (Lipinski definition) is 7. The lowest BCUT2D eigenvalue weighted by Gasteiger charge is -2.20. The highest BCUT2D eigenvalue weighted by molar-refractivity contribution is 6.04. The number of nitrogens with zero attached hydrogens (tertiary/aromatic N) is 7. The number of halogens is 2. The molecule has 11 nitrogen and oxygen atoms in total. The summed E-state index contributed by atoms with van der Waals surface area (Å²) in [7, 11) is 1.76. The Morgan fingerprint density at radius 1 is 1.12 bits per heavy atom. The summed E-state index contributed by atoms with van der Waals surface area (Å²) in [6, 6.07) is 8.77. The molecule has 4 heterocycles. The Morgan fingerprint density at radius 2 is 1.95 bits per heavy atom. The van der Waals surface area contributed by atoms with E-state index in [0.29, 0.717) is 16.6 Å². The lowest BCUT2D eigenvalue weighted by atomic mass is 10.1. The molecule has 0 spiro atoms. The van der Waals surface area contributed by atoms with Gasteiger partial charge in [-0.1, -0.05) is 17.9 Å². The second-order valence-corrected chi connectivity index (χ2v) is 9.40. The predicted molar refractivity (Wildman–Crippen MR) is 150 cm³/mol. The fourth-order valence-corrected chi connectivity index (χ4v) is 4.60. The topological polar surface area (TPSA) is 138 Å². The first-order valence-electron chi connectivity index (χ1n) is 12.6. The number of carbonyl (C=O) groups is 1. The van der Waals surface area contributed by atoms with Crippen LogP contribution in [0.3, 0.4) is 0 Å². The molecule has 6 rings (SSSR count). The fourth-order valence-electron chi connectivity index (χ4n) is 4.60. The molecule has 42 heavy (non-hydrogen) atoms. The van der Waals surface area contributed by atoms with Crippen LogP contribution < -0.4 is 16.6 Å². The summed E-state index contributed by atoms with van der Waals surface area (Å²) in [5, 5.41) is 11.1. The Kier molecular flexibility index (Phi) is 6.43. The molecule has 0 unspecified atom stereocenters. The predicted octanol–water partition coefficient (Wildman–Crippen LogP) is 2.91. The number of benzene rings is 2. The van der Waals surface area contributed by atoms with Gasteiger partial charge in [0.2, 0.25) is 0 Å². The van der Waals surface area contributed by atoms with Crippen molar-refractivity contribution < 1.29 is 13.6 Å². The SMILES string of the molecule is C[C@H](NC(=O)c1c(N)nn2cccnc12)c1nc2cccc(C#Cc3cnn(C)c3)c2c(=O)n1-c1ccc(F)c(F)c1. The summed E-state index contributed by atoms with van der Waals surface area (Å²) in [5.74, 6) is 3.13. The third-order valence-electron chi connectivity index (χ3n) is 6.52. The molecule has 13 heteroatoms. The molecular formula is C29H21F2N9O2. The van der Waals surface area contributed by atoms with Crippen LogP contribution in [0.5, 0.6) is 0 Å². The highest BCUT2D eigenvalue weighted by Crippen LogP contribution is 2.23. The molecule has 3 N–H and O–H groups in total. The minimum absolute atomic E-state index is 0.0107. The average Bonchev–Trinajstić information content (AvgIpc) is 3.54. The number of hydrogen-bond donors (Lipinski definition) is 2. The third-order valence-corrected chi connectivity index (χ3v) is 6.52. The fraction of sp³-hybridized carbons (Fsp3) is 0.103. The Bertz CT molecular complexity index is 2150. The summed E-state index contributed by atoms with van der Waals surface area (Å²) in [5.41, 5.74) is 7.02. The van der Waals surface area contributed by atoms with Crippen molar-refractivity contribution >= 4 is 28.3 Å². The molecule has 0 saturated heterocycles. The van der Waals surface area contributed by atoms with E-state index in [9.17, 15) is 18.4 Å². The summed E-state index contributed by atoms with van der Waals surface area (Å²) in [6.07, 6.45) is 6.41. The van der Waals surface area contributed by atoms with Crippen molar-refractivity contribution in [3.8, 4) is 17.5 Å². The average molecular weight is 566 g/mol. The first kappa shape index (κ1) is 26.3. The van der Waals surface area contributed by atoms with Gasteiger partial charge in [-0.15, -0.1) is 5.10 Å². The molecule has 0 aliphatic carbocycles. The summed E-state index contributed by atoms with van der Waals surface area (Å²) in [4.78, 5) is 36.3. The second-order valence-electron chi connectivity index (χ2n) is 9.40. The lowest BCUT2D eigenvalue weighted by molar-refractivity contribution is 0.0940. The van der Waals surface area contributed by atoms with Crippen LogP contribution in [-0.2, 0) is 7.05 Å². The van der Waals surface area contributed by atoms with Gasteiger partial charge < -0.3 is 11.1 Å². The largest absolute Gasteiger partial charge is 0.381 e. The van der Waals surface area contributed by atoms with Gasteiger partial charge in [0.25, 0.3) is 11.5 Å². The van der Waals surface area contributed by atoms with Crippen LogP contribution in [0.4, 0.5) is 14.6 Å². The molecule has 0 radical (unpaired) electrons. The van der Waals surface area contributed by atoms with E-state index in [1.807, 2.05) is 0 Å². The molecular weight excluding hydrogens is 544 g/mol. The van der Waals surface area contributed by atoms with Gasteiger partial charge in [0.05, 0.1) is 34.4 Å². The number of nitrogens with one attached hydrogen (secondary N) is 1. The van der Waals surface area contributed by atoms with Crippen LogP contribution in [0.15, 0.2) is 72.0 Å². The maximum atomic E-state index is 14.4. The van der Waals surface area contributed by atoms with E-state index in [1.54, 1.807) is 61.5 Å². The number of aryl methyl sites for hydroxylation is 1. The number of aromatic nitrogens is 7. The van der Waals surface area contributed by atoms with Crippen molar-refractivity contribution in [1.29, 1.82) is 0 Å². The van der Waals surface area contributed by atoms with Crippen LogP contribution >= 0.6 is 0 Å². The van der Waals surface area contributed by atoms with Gasteiger partial charge in [-0.2, -0.15) is 5.10 Å². The standard InChI is InChI=1S/C29H21F2N9O2/c1-16(35-28(41)24-25(32)37-39-12-4-11-33-27(24)39)26-36-22-6-3-5-18(8-7-17-14-34-38(2)15-17)23(22)29(42)40(26)19-9-10-20(30)21(31)13-19/h3-6,9-16H,1-2H3,(H2,32,37)(H,35,41)/t16-/m0/s1. The number of amides is 1. The maximum Gasteiger partial charge on any atom is 0.267 e.